The Bertz CT molecular complexity index is 610. The number of benzene rings is 1. The van der Waals surface area contributed by atoms with Gasteiger partial charge in [0.05, 0.1) is 27.3 Å². The molecule has 2 rings (SSSR count). The van der Waals surface area contributed by atoms with E-state index >= 15 is 0 Å². The molecule has 0 aliphatic heterocycles. The average Bonchev–Trinajstić information content (AvgIpc) is 2.43. The van der Waals surface area contributed by atoms with Gasteiger partial charge in [0.25, 0.3) is 0 Å². The number of halogens is 3. The van der Waals surface area contributed by atoms with Crippen molar-refractivity contribution in [1.82, 2.24) is 9.97 Å². The first-order valence-electron chi connectivity index (χ1n) is 5.93. The molecule has 2 aromatic rings. The van der Waals surface area contributed by atoms with E-state index in [0.717, 1.165) is 10.0 Å². The molecule has 0 fully saturated rings. The molecule has 0 aliphatic carbocycles. The van der Waals surface area contributed by atoms with Crippen molar-refractivity contribution in [3.63, 3.8) is 0 Å². The van der Waals surface area contributed by atoms with Crippen molar-refractivity contribution in [1.29, 1.82) is 0 Å². The van der Waals surface area contributed by atoms with Crippen LogP contribution in [0.3, 0.4) is 0 Å². The van der Waals surface area contributed by atoms with Gasteiger partial charge in [-0.25, -0.2) is 4.98 Å². The van der Waals surface area contributed by atoms with E-state index in [0.29, 0.717) is 35.0 Å². The maximum Gasteiger partial charge on any atom is 0.232 e. The molecule has 1 aromatic heterocycles. The maximum atomic E-state index is 5.97. The molecule has 7 heteroatoms. The summed E-state index contributed by atoms with van der Waals surface area (Å²) in [5.41, 5.74) is 0.990. The summed E-state index contributed by atoms with van der Waals surface area (Å²) in [6.45, 7) is 2.99. The van der Waals surface area contributed by atoms with Crippen LogP contribution in [-0.2, 0) is 6.54 Å². The third kappa shape index (κ3) is 3.98. The van der Waals surface area contributed by atoms with Gasteiger partial charge in [0, 0.05) is 6.54 Å². The Labute approximate surface area is 135 Å². The lowest BCUT2D eigenvalue weighted by molar-refractivity contribution is 0.324. The largest absolute Gasteiger partial charge is 0.477 e. The fourth-order valence-corrected chi connectivity index (χ4v) is 2.13. The second-order valence-corrected chi connectivity index (χ2v) is 5.55. The van der Waals surface area contributed by atoms with E-state index in [2.05, 4.69) is 31.2 Å². The standard InChI is InChI=1S/C13H12BrCl2N3O/c1-2-20-12-9(14)7-18-13(19-12)17-6-8-3-4-10(15)11(16)5-8/h3-5,7H,2,6H2,1H3,(H,17,18,19). The number of nitrogens with zero attached hydrogens (tertiary/aromatic N) is 2. The fraction of sp³-hybridized carbons (Fsp3) is 0.231. The molecule has 0 radical (unpaired) electrons. The summed E-state index contributed by atoms with van der Waals surface area (Å²) in [4.78, 5) is 8.43. The van der Waals surface area contributed by atoms with Crippen LogP contribution < -0.4 is 10.1 Å². The third-order valence-electron chi connectivity index (χ3n) is 2.43. The highest BCUT2D eigenvalue weighted by molar-refractivity contribution is 9.10. The monoisotopic (exact) mass is 375 g/mol. The normalized spacial score (nSPS) is 10.4. The minimum Gasteiger partial charge on any atom is -0.477 e. The van der Waals surface area contributed by atoms with E-state index in [1.165, 1.54) is 0 Å². The first-order valence-corrected chi connectivity index (χ1v) is 7.48. The van der Waals surface area contributed by atoms with Gasteiger partial charge in [-0.2, -0.15) is 4.98 Å². The Morgan fingerprint density at radius 3 is 2.80 bits per heavy atom. The molecular formula is C13H12BrCl2N3O. The molecule has 0 saturated carbocycles. The summed E-state index contributed by atoms with van der Waals surface area (Å²) < 4.78 is 6.11. The molecular weight excluding hydrogens is 365 g/mol. The molecule has 1 heterocycles. The lowest BCUT2D eigenvalue weighted by Crippen LogP contribution is -2.05. The van der Waals surface area contributed by atoms with Gasteiger partial charge < -0.3 is 10.1 Å². The van der Waals surface area contributed by atoms with Crippen molar-refractivity contribution in [2.24, 2.45) is 0 Å². The van der Waals surface area contributed by atoms with Gasteiger partial charge >= 0.3 is 0 Å². The van der Waals surface area contributed by atoms with Gasteiger partial charge in [0.2, 0.25) is 11.8 Å². The van der Waals surface area contributed by atoms with Crippen LogP contribution in [0.15, 0.2) is 28.9 Å². The Kier molecular flexibility index (Phi) is 5.46. The van der Waals surface area contributed by atoms with Crippen molar-refractivity contribution in [3.05, 3.63) is 44.5 Å². The number of rotatable bonds is 5. The molecule has 0 unspecified atom stereocenters. The number of nitrogens with one attached hydrogen (secondary N) is 1. The highest BCUT2D eigenvalue weighted by Crippen LogP contribution is 2.24. The van der Waals surface area contributed by atoms with Crippen molar-refractivity contribution < 1.29 is 4.74 Å². The zero-order valence-electron chi connectivity index (χ0n) is 10.7. The van der Waals surface area contributed by atoms with Crippen LogP contribution in [0.25, 0.3) is 0 Å². The van der Waals surface area contributed by atoms with Crippen molar-refractivity contribution in [3.8, 4) is 5.88 Å². The molecule has 0 aliphatic rings. The molecule has 4 nitrogen and oxygen atoms in total. The van der Waals surface area contributed by atoms with E-state index in [4.69, 9.17) is 27.9 Å². The zero-order valence-corrected chi connectivity index (χ0v) is 13.8. The van der Waals surface area contributed by atoms with Crippen LogP contribution in [0.2, 0.25) is 10.0 Å². The Hall–Kier alpha value is -1.04. The van der Waals surface area contributed by atoms with Gasteiger partial charge in [-0.15, -0.1) is 0 Å². The van der Waals surface area contributed by atoms with Crippen molar-refractivity contribution >= 4 is 45.1 Å². The van der Waals surface area contributed by atoms with Gasteiger partial charge in [-0.05, 0) is 40.5 Å². The predicted octanol–water partition coefficient (Wildman–Crippen LogP) is 4.56. The number of anilines is 1. The topological polar surface area (TPSA) is 47.0 Å². The number of hydrogen-bond acceptors (Lipinski definition) is 4. The van der Waals surface area contributed by atoms with Crippen LogP contribution in [-0.4, -0.2) is 16.6 Å². The quantitative estimate of drug-likeness (QED) is 0.830. The minimum absolute atomic E-state index is 0.489. The molecule has 0 bridgehead atoms. The smallest absolute Gasteiger partial charge is 0.232 e. The summed E-state index contributed by atoms with van der Waals surface area (Å²) in [6, 6.07) is 5.46. The van der Waals surface area contributed by atoms with E-state index < -0.39 is 0 Å². The van der Waals surface area contributed by atoms with Gasteiger partial charge in [0.1, 0.15) is 0 Å². The molecule has 106 valence electrons. The SMILES string of the molecule is CCOc1nc(NCc2ccc(Cl)c(Cl)c2)ncc1Br. The molecule has 0 saturated heterocycles. The predicted molar refractivity (Wildman–Crippen MR) is 84.7 cm³/mol. The summed E-state index contributed by atoms with van der Waals surface area (Å²) in [5, 5.41) is 4.17. The van der Waals surface area contributed by atoms with E-state index in [-0.39, 0.29) is 0 Å². The van der Waals surface area contributed by atoms with Crippen molar-refractivity contribution in [2.45, 2.75) is 13.5 Å². The van der Waals surface area contributed by atoms with E-state index in [1.807, 2.05) is 13.0 Å². The summed E-state index contributed by atoms with van der Waals surface area (Å²) in [7, 11) is 0. The average molecular weight is 377 g/mol. The van der Waals surface area contributed by atoms with Crippen LogP contribution in [0, 0.1) is 0 Å². The number of ether oxygens (including phenoxy) is 1. The van der Waals surface area contributed by atoms with Crippen LogP contribution in [0.5, 0.6) is 5.88 Å². The number of hydrogen-bond donors (Lipinski definition) is 1. The molecule has 0 spiro atoms. The summed E-state index contributed by atoms with van der Waals surface area (Å²) in [5.74, 6) is 1.00. The van der Waals surface area contributed by atoms with Gasteiger partial charge in [0.15, 0.2) is 0 Å². The fourth-order valence-electron chi connectivity index (χ4n) is 1.51. The second kappa shape index (κ2) is 7.11. The molecule has 20 heavy (non-hydrogen) atoms. The summed E-state index contributed by atoms with van der Waals surface area (Å²) in [6.07, 6.45) is 1.65. The molecule has 1 aromatic carbocycles. The maximum absolute atomic E-state index is 5.97. The number of aromatic nitrogens is 2. The first-order chi connectivity index (χ1) is 9.60. The third-order valence-corrected chi connectivity index (χ3v) is 3.71. The Morgan fingerprint density at radius 2 is 2.10 bits per heavy atom. The molecule has 0 atom stereocenters. The van der Waals surface area contributed by atoms with Crippen LogP contribution in [0.4, 0.5) is 5.95 Å². The lowest BCUT2D eigenvalue weighted by atomic mass is 10.2. The Morgan fingerprint density at radius 1 is 1.30 bits per heavy atom. The summed E-state index contributed by atoms with van der Waals surface area (Å²) >= 11 is 15.2. The van der Waals surface area contributed by atoms with Crippen LogP contribution >= 0.6 is 39.1 Å². The van der Waals surface area contributed by atoms with Crippen molar-refractivity contribution in [2.75, 3.05) is 11.9 Å². The van der Waals surface area contributed by atoms with E-state index in [1.54, 1.807) is 18.3 Å². The zero-order chi connectivity index (χ0) is 14.5. The van der Waals surface area contributed by atoms with E-state index in [9.17, 15) is 0 Å². The highest BCUT2D eigenvalue weighted by Gasteiger charge is 2.06. The lowest BCUT2D eigenvalue weighted by Gasteiger charge is -2.09. The second-order valence-electron chi connectivity index (χ2n) is 3.88. The molecule has 0 amide bonds. The minimum atomic E-state index is 0.489. The Balaban J connectivity index is 2.06. The molecule has 1 N–H and O–H groups in total. The van der Waals surface area contributed by atoms with Gasteiger partial charge in [-0.1, -0.05) is 29.3 Å². The van der Waals surface area contributed by atoms with Crippen LogP contribution in [0.1, 0.15) is 12.5 Å². The van der Waals surface area contributed by atoms with Gasteiger partial charge in [-0.3, -0.25) is 0 Å². The first kappa shape index (κ1) is 15.4. The highest BCUT2D eigenvalue weighted by atomic mass is 79.9.